The second kappa shape index (κ2) is 8.44. The number of likely N-dealkylation sites (tertiary alicyclic amines) is 1. The van der Waals surface area contributed by atoms with E-state index >= 15 is 0 Å². The molecule has 1 saturated heterocycles. The van der Waals surface area contributed by atoms with Gasteiger partial charge in [-0.2, -0.15) is 0 Å². The molecule has 3 rings (SSSR count). The highest BCUT2D eigenvalue weighted by Gasteiger charge is 2.29. The van der Waals surface area contributed by atoms with Gasteiger partial charge >= 0.3 is 0 Å². The number of hydrogen-bond acceptors (Lipinski definition) is 5. The van der Waals surface area contributed by atoms with E-state index in [2.05, 4.69) is 5.32 Å². The molecule has 2 aromatic carbocycles. The number of nitrogens with one attached hydrogen (secondary N) is 1. The normalized spacial score (nSPS) is 14.2. The minimum Gasteiger partial charge on any atom is -0.326 e. The molecule has 2 aromatic rings. The van der Waals surface area contributed by atoms with E-state index in [1.165, 1.54) is 29.6 Å². The second-order valence-electron chi connectivity index (χ2n) is 6.57. The zero-order valence-electron chi connectivity index (χ0n) is 15.9. The van der Waals surface area contributed by atoms with Crippen molar-refractivity contribution in [1.82, 2.24) is 4.90 Å². The first-order valence-corrected chi connectivity index (χ1v) is 10.5. The van der Waals surface area contributed by atoms with Gasteiger partial charge in [0.2, 0.25) is 17.7 Å². The van der Waals surface area contributed by atoms with Gasteiger partial charge in [0.05, 0.1) is 10.6 Å². The third-order valence-corrected chi connectivity index (χ3v) is 6.39. The number of amides is 3. The third kappa shape index (κ3) is 4.62. The molecule has 152 valence electrons. The van der Waals surface area contributed by atoms with Gasteiger partial charge in [-0.15, -0.1) is 0 Å². The maximum atomic E-state index is 12.9. The van der Waals surface area contributed by atoms with Crippen LogP contribution >= 0.6 is 0 Å². The fraction of sp³-hybridized carbons (Fsp3) is 0.250. The molecule has 1 aliphatic heterocycles. The quantitative estimate of drug-likeness (QED) is 0.697. The molecular weight excluding hydrogens is 394 g/mol. The highest BCUT2D eigenvalue weighted by molar-refractivity contribution is 7.92. The topological polar surface area (TPSA) is 104 Å². The van der Waals surface area contributed by atoms with E-state index in [-0.39, 0.29) is 42.5 Å². The number of anilines is 2. The zero-order valence-corrected chi connectivity index (χ0v) is 16.7. The molecule has 0 saturated carbocycles. The molecule has 1 aliphatic rings. The molecule has 0 unspecified atom stereocenters. The van der Waals surface area contributed by atoms with Crippen LogP contribution < -0.4 is 9.62 Å². The highest BCUT2D eigenvalue weighted by atomic mass is 32.2. The van der Waals surface area contributed by atoms with Crippen molar-refractivity contribution in [3.63, 3.8) is 0 Å². The molecule has 0 atom stereocenters. The molecule has 3 amide bonds. The Bertz CT molecular complexity index is 1020. The predicted octanol–water partition coefficient (Wildman–Crippen LogP) is 1.99. The van der Waals surface area contributed by atoms with Gasteiger partial charge < -0.3 is 5.32 Å². The first-order valence-electron chi connectivity index (χ1n) is 9.06. The Morgan fingerprint density at radius 3 is 2.34 bits per heavy atom. The van der Waals surface area contributed by atoms with Gasteiger partial charge in [0.15, 0.2) is 0 Å². The van der Waals surface area contributed by atoms with Gasteiger partial charge in [0.1, 0.15) is 0 Å². The Labute approximate surface area is 169 Å². The number of hydrogen-bond donors (Lipinski definition) is 1. The van der Waals surface area contributed by atoms with Crippen LogP contribution in [0.1, 0.15) is 19.3 Å². The molecular formula is C20H21N3O5S. The fourth-order valence-corrected chi connectivity index (χ4v) is 4.22. The summed E-state index contributed by atoms with van der Waals surface area (Å²) in [5.74, 6) is -0.969. The predicted molar refractivity (Wildman–Crippen MR) is 108 cm³/mol. The number of nitrogens with zero attached hydrogens (tertiary/aromatic N) is 2. The third-order valence-electron chi connectivity index (χ3n) is 4.61. The Kier molecular flexibility index (Phi) is 5.97. The van der Waals surface area contributed by atoms with Gasteiger partial charge in [-0.25, -0.2) is 8.42 Å². The number of rotatable bonds is 7. The molecule has 1 heterocycles. The second-order valence-corrected chi connectivity index (χ2v) is 8.54. The van der Waals surface area contributed by atoms with E-state index in [0.717, 1.165) is 4.90 Å². The number of para-hydroxylation sites is 1. The molecule has 0 aliphatic carbocycles. The lowest BCUT2D eigenvalue weighted by Crippen LogP contribution is -2.32. The average Bonchev–Trinajstić information content (AvgIpc) is 3.04. The van der Waals surface area contributed by atoms with Crippen LogP contribution in [0.4, 0.5) is 11.4 Å². The molecule has 8 nitrogen and oxygen atoms in total. The van der Waals surface area contributed by atoms with Gasteiger partial charge in [-0.05, 0) is 30.3 Å². The summed E-state index contributed by atoms with van der Waals surface area (Å²) in [6.07, 6.45) is 0.295. The van der Waals surface area contributed by atoms with Crippen LogP contribution in [0.2, 0.25) is 0 Å². The van der Waals surface area contributed by atoms with E-state index in [0.29, 0.717) is 11.4 Å². The largest absolute Gasteiger partial charge is 0.326 e. The Morgan fingerprint density at radius 2 is 1.69 bits per heavy atom. The summed E-state index contributed by atoms with van der Waals surface area (Å²) in [5.41, 5.74) is 0.832. The Morgan fingerprint density at radius 1 is 1.03 bits per heavy atom. The van der Waals surface area contributed by atoms with Crippen LogP contribution in [-0.4, -0.2) is 44.6 Å². The molecule has 1 N–H and O–H groups in total. The monoisotopic (exact) mass is 415 g/mol. The molecule has 0 bridgehead atoms. The van der Waals surface area contributed by atoms with Crippen molar-refractivity contribution in [1.29, 1.82) is 0 Å². The average molecular weight is 415 g/mol. The smallest absolute Gasteiger partial charge is 0.264 e. The minimum atomic E-state index is -3.81. The Hall–Kier alpha value is -3.20. The summed E-state index contributed by atoms with van der Waals surface area (Å²) in [6, 6.07) is 14.6. The van der Waals surface area contributed by atoms with Gasteiger partial charge in [0.25, 0.3) is 10.0 Å². The first-order chi connectivity index (χ1) is 13.8. The standard InChI is InChI=1S/C20H21N3O5S/c1-22(16-7-3-2-4-8-16)29(27,28)17-9-5-6-15(14-17)21-18(24)12-13-23-19(25)10-11-20(23)26/h2-9,14H,10-13H2,1H3,(H,21,24). The molecule has 9 heteroatoms. The number of benzene rings is 2. The van der Waals surface area contributed by atoms with Crippen molar-refractivity contribution in [3.8, 4) is 0 Å². The van der Waals surface area contributed by atoms with E-state index in [9.17, 15) is 22.8 Å². The van der Waals surface area contributed by atoms with E-state index < -0.39 is 15.9 Å². The van der Waals surface area contributed by atoms with Crippen molar-refractivity contribution in [2.24, 2.45) is 0 Å². The van der Waals surface area contributed by atoms with Gasteiger partial charge in [-0.3, -0.25) is 23.6 Å². The van der Waals surface area contributed by atoms with Crippen LogP contribution in [0.3, 0.4) is 0 Å². The molecule has 29 heavy (non-hydrogen) atoms. The Balaban J connectivity index is 1.68. The van der Waals surface area contributed by atoms with E-state index in [1.54, 1.807) is 36.4 Å². The number of imide groups is 1. The van der Waals surface area contributed by atoms with Gasteiger partial charge in [0, 0.05) is 38.5 Å². The number of sulfonamides is 1. The van der Waals surface area contributed by atoms with Crippen molar-refractivity contribution in [2.45, 2.75) is 24.2 Å². The van der Waals surface area contributed by atoms with Crippen molar-refractivity contribution in [2.75, 3.05) is 23.2 Å². The molecule has 1 fully saturated rings. The van der Waals surface area contributed by atoms with E-state index in [4.69, 9.17) is 0 Å². The van der Waals surface area contributed by atoms with Crippen LogP contribution in [0.15, 0.2) is 59.5 Å². The number of carbonyl (C=O) groups excluding carboxylic acids is 3. The maximum absolute atomic E-state index is 12.9. The lowest BCUT2D eigenvalue weighted by atomic mass is 10.3. The number of carbonyl (C=O) groups is 3. The van der Waals surface area contributed by atoms with Crippen molar-refractivity contribution in [3.05, 3.63) is 54.6 Å². The molecule has 0 radical (unpaired) electrons. The summed E-state index contributed by atoms with van der Waals surface area (Å²) in [4.78, 5) is 36.5. The summed E-state index contributed by atoms with van der Waals surface area (Å²) in [6.45, 7) is 0.0121. The van der Waals surface area contributed by atoms with Crippen molar-refractivity contribution < 1.29 is 22.8 Å². The van der Waals surface area contributed by atoms with Crippen LogP contribution in [-0.2, 0) is 24.4 Å². The van der Waals surface area contributed by atoms with Gasteiger partial charge in [-0.1, -0.05) is 24.3 Å². The van der Waals surface area contributed by atoms with Crippen LogP contribution in [0.25, 0.3) is 0 Å². The molecule has 0 spiro atoms. The van der Waals surface area contributed by atoms with E-state index in [1.807, 2.05) is 0 Å². The SMILES string of the molecule is CN(c1ccccc1)S(=O)(=O)c1cccc(NC(=O)CCN2C(=O)CCC2=O)c1. The lowest BCUT2D eigenvalue weighted by molar-refractivity contribution is -0.138. The summed E-state index contributed by atoms with van der Waals surface area (Å²) in [5, 5.41) is 2.62. The van der Waals surface area contributed by atoms with Crippen LogP contribution in [0, 0.1) is 0 Å². The van der Waals surface area contributed by atoms with Crippen LogP contribution in [0.5, 0.6) is 0 Å². The summed E-state index contributed by atoms with van der Waals surface area (Å²) in [7, 11) is -2.35. The minimum absolute atomic E-state index is 0.0121. The zero-order chi connectivity index (χ0) is 21.0. The fourth-order valence-electron chi connectivity index (χ4n) is 2.98. The first kappa shape index (κ1) is 20.5. The summed E-state index contributed by atoms with van der Waals surface area (Å²) < 4.78 is 26.9. The highest BCUT2D eigenvalue weighted by Crippen LogP contribution is 2.23. The lowest BCUT2D eigenvalue weighted by Gasteiger charge is -2.20. The molecule has 0 aromatic heterocycles. The van der Waals surface area contributed by atoms with Crippen molar-refractivity contribution >= 4 is 39.1 Å². The maximum Gasteiger partial charge on any atom is 0.264 e. The summed E-state index contributed by atoms with van der Waals surface area (Å²) >= 11 is 0.